The Morgan fingerprint density at radius 3 is 2.11 bits per heavy atom. The molecule has 0 unspecified atom stereocenters. The zero-order chi connectivity index (χ0) is 27.0. The summed E-state index contributed by atoms with van der Waals surface area (Å²) >= 11 is 8.16. The van der Waals surface area contributed by atoms with E-state index in [0.717, 1.165) is 24.3 Å². The largest absolute Gasteiger partial charge is 0.494 e. The van der Waals surface area contributed by atoms with Gasteiger partial charge in [0.15, 0.2) is 12.7 Å². The van der Waals surface area contributed by atoms with Crippen LogP contribution in [0.25, 0.3) is 0 Å². The van der Waals surface area contributed by atoms with E-state index in [-0.39, 0.29) is 5.91 Å². The zero-order valence-corrected chi connectivity index (χ0v) is 24.7. The van der Waals surface area contributed by atoms with Crippen LogP contribution in [-0.2, 0) is 6.54 Å². The first-order valence-electron chi connectivity index (χ1n) is 14.3. The van der Waals surface area contributed by atoms with Gasteiger partial charge in [-0.2, -0.15) is 4.57 Å². The summed E-state index contributed by atoms with van der Waals surface area (Å²) in [6.07, 6.45) is 18.0. The van der Waals surface area contributed by atoms with Gasteiger partial charge < -0.3 is 10.1 Å². The van der Waals surface area contributed by atoms with E-state index >= 15 is 0 Å². The molecular formula is C32H44ClN2O2S+. The smallest absolute Gasteiger partial charge is 0.255 e. The third-order valence-corrected chi connectivity index (χ3v) is 7.92. The highest BCUT2D eigenvalue weighted by Crippen LogP contribution is 2.27. The molecule has 3 rings (SSSR count). The molecule has 6 heteroatoms. The molecule has 0 radical (unpaired) electrons. The van der Waals surface area contributed by atoms with Crippen LogP contribution in [0.2, 0.25) is 5.02 Å². The molecule has 1 N–H and O–H groups in total. The van der Waals surface area contributed by atoms with Gasteiger partial charge >= 0.3 is 0 Å². The Labute approximate surface area is 238 Å². The molecule has 0 saturated heterocycles. The van der Waals surface area contributed by atoms with Crippen molar-refractivity contribution in [2.75, 3.05) is 11.9 Å². The maximum atomic E-state index is 12.7. The van der Waals surface area contributed by atoms with Crippen molar-refractivity contribution < 1.29 is 14.1 Å². The summed E-state index contributed by atoms with van der Waals surface area (Å²) in [5.74, 6) is 0.559. The van der Waals surface area contributed by atoms with Crippen LogP contribution >= 0.6 is 22.9 Å². The number of carbonyl (C=O) groups excluding carboxylic acids is 1. The van der Waals surface area contributed by atoms with Crippen LogP contribution in [0.4, 0.5) is 5.69 Å². The molecule has 0 fully saturated rings. The molecule has 0 bridgehead atoms. The number of halogens is 1. The molecule has 0 atom stereocenters. The van der Waals surface area contributed by atoms with Gasteiger partial charge in [-0.3, -0.25) is 4.79 Å². The van der Waals surface area contributed by atoms with Crippen LogP contribution in [0.3, 0.4) is 0 Å². The predicted molar refractivity (Wildman–Crippen MR) is 161 cm³/mol. The number of nitrogens with one attached hydrogen (secondary N) is 1. The normalized spacial score (nSPS) is 11.0. The summed E-state index contributed by atoms with van der Waals surface area (Å²) in [5.41, 5.74) is 4.44. The minimum Gasteiger partial charge on any atom is -0.494 e. The summed E-state index contributed by atoms with van der Waals surface area (Å²) in [5, 5.41) is 3.39. The van der Waals surface area contributed by atoms with Crippen LogP contribution < -0.4 is 14.6 Å². The van der Waals surface area contributed by atoms with E-state index in [2.05, 4.69) is 35.4 Å². The summed E-state index contributed by atoms with van der Waals surface area (Å²) in [6.45, 7) is 5.85. The lowest BCUT2D eigenvalue weighted by Crippen LogP contribution is -2.30. The van der Waals surface area contributed by atoms with E-state index in [4.69, 9.17) is 16.3 Å². The first-order valence-corrected chi connectivity index (χ1v) is 15.6. The number of thiazole rings is 1. The molecule has 0 aliphatic carbocycles. The van der Waals surface area contributed by atoms with Gasteiger partial charge in [0.25, 0.3) is 5.91 Å². The number of hydrogen-bond donors (Lipinski definition) is 1. The fourth-order valence-electron chi connectivity index (χ4n) is 4.52. The van der Waals surface area contributed by atoms with Crippen LogP contribution in [-0.4, -0.2) is 12.5 Å². The average molecular weight is 556 g/mol. The van der Waals surface area contributed by atoms with Crippen LogP contribution in [0.15, 0.2) is 54.2 Å². The van der Waals surface area contributed by atoms with E-state index in [0.29, 0.717) is 22.9 Å². The summed E-state index contributed by atoms with van der Waals surface area (Å²) in [7, 11) is 0. The number of hydrogen-bond acceptors (Lipinski definition) is 3. The number of amides is 1. The topological polar surface area (TPSA) is 42.2 Å². The van der Waals surface area contributed by atoms with Gasteiger partial charge in [-0.15, -0.1) is 0 Å². The number of aromatic nitrogens is 1. The minimum atomic E-state index is -0.178. The molecule has 3 aromatic rings. The van der Waals surface area contributed by atoms with Crippen molar-refractivity contribution in [3.63, 3.8) is 0 Å². The van der Waals surface area contributed by atoms with Crippen molar-refractivity contribution in [2.45, 2.75) is 97.4 Å². The van der Waals surface area contributed by atoms with E-state index in [1.165, 1.54) is 75.5 Å². The number of aryl methyl sites for hydroxylation is 1. The van der Waals surface area contributed by atoms with Gasteiger partial charge in [-0.1, -0.05) is 113 Å². The van der Waals surface area contributed by atoms with E-state index < -0.39 is 0 Å². The second-order valence-electron chi connectivity index (χ2n) is 10.2. The van der Waals surface area contributed by atoms with Gasteiger partial charge in [0, 0.05) is 17.2 Å². The summed E-state index contributed by atoms with van der Waals surface area (Å²) in [4.78, 5) is 14.0. The zero-order valence-electron chi connectivity index (χ0n) is 23.1. The highest BCUT2D eigenvalue weighted by molar-refractivity contribution is 7.09. The van der Waals surface area contributed by atoms with Crippen LogP contribution in [0.1, 0.15) is 105 Å². The van der Waals surface area contributed by atoms with Crippen molar-refractivity contribution in [1.29, 1.82) is 0 Å². The molecule has 1 heterocycles. The Morgan fingerprint density at radius 1 is 0.895 bits per heavy atom. The minimum absolute atomic E-state index is 0.178. The molecule has 0 spiro atoms. The van der Waals surface area contributed by atoms with E-state index in [1.807, 2.05) is 36.4 Å². The monoisotopic (exact) mass is 555 g/mol. The van der Waals surface area contributed by atoms with Gasteiger partial charge in [0.05, 0.1) is 22.2 Å². The Kier molecular flexibility index (Phi) is 13.7. The number of anilines is 1. The highest BCUT2D eigenvalue weighted by atomic mass is 35.5. The Morgan fingerprint density at radius 2 is 1.53 bits per heavy atom. The average Bonchev–Trinajstić information content (AvgIpc) is 3.33. The van der Waals surface area contributed by atoms with Crippen LogP contribution in [0, 0.1) is 6.92 Å². The van der Waals surface area contributed by atoms with Gasteiger partial charge in [0.2, 0.25) is 5.51 Å². The summed E-state index contributed by atoms with van der Waals surface area (Å²) in [6, 6.07) is 13.1. The molecule has 206 valence electrons. The molecule has 4 nitrogen and oxygen atoms in total. The van der Waals surface area contributed by atoms with Gasteiger partial charge in [-0.25, -0.2) is 0 Å². The van der Waals surface area contributed by atoms with Gasteiger partial charge in [-0.05, 0) is 37.6 Å². The molecular weight excluding hydrogens is 512 g/mol. The predicted octanol–water partition coefficient (Wildman–Crippen LogP) is 9.38. The second kappa shape index (κ2) is 17.3. The van der Waals surface area contributed by atoms with Crippen molar-refractivity contribution in [3.8, 4) is 5.75 Å². The Bertz CT molecular complexity index is 1100. The maximum absolute atomic E-state index is 12.7. The van der Waals surface area contributed by atoms with Crippen LogP contribution in [0.5, 0.6) is 5.75 Å². The quantitative estimate of drug-likeness (QED) is 0.125. The number of benzene rings is 2. The third-order valence-electron chi connectivity index (χ3n) is 6.76. The third kappa shape index (κ3) is 11.2. The molecule has 0 aliphatic rings. The van der Waals surface area contributed by atoms with Crippen molar-refractivity contribution in [2.24, 2.45) is 0 Å². The molecule has 2 aromatic carbocycles. The summed E-state index contributed by atoms with van der Waals surface area (Å²) < 4.78 is 8.04. The number of nitrogens with zero attached hydrogens (tertiary/aromatic N) is 1. The fraction of sp³-hybridized carbons (Fsp3) is 0.500. The number of carbonyl (C=O) groups is 1. The highest BCUT2D eigenvalue weighted by Gasteiger charge is 2.11. The SMILES string of the molecule is CCCCCCCCCCCCCCOc1ccc(NC(=O)c2ccc(C[n+]3csc(C)c3)cc2)c(Cl)c1. The van der Waals surface area contributed by atoms with Gasteiger partial charge in [0.1, 0.15) is 5.75 Å². The Hall–Kier alpha value is -2.37. The Balaban J connectivity index is 1.30. The van der Waals surface area contributed by atoms with Crippen molar-refractivity contribution >= 4 is 34.5 Å². The van der Waals surface area contributed by atoms with E-state index in [1.54, 1.807) is 17.4 Å². The lowest BCUT2D eigenvalue weighted by atomic mass is 10.1. The molecule has 1 aromatic heterocycles. The fourth-order valence-corrected chi connectivity index (χ4v) is 5.37. The van der Waals surface area contributed by atoms with Crippen molar-refractivity contribution in [1.82, 2.24) is 0 Å². The van der Waals surface area contributed by atoms with Crippen molar-refractivity contribution in [3.05, 3.63) is 75.2 Å². The number of unbranched alkanes of at least 4 members (excludes halogenated alkanes) is 11. The van der Waals surface area contributed by atoms with E-state index in [9.17, 15) is 4.79 Å². The lowest BCUT2D eigenvalue weighted by molar-refractivity contribution is -0.683. The first-order chi connectivity index (χ1) is 18.5. The first kappa shape index (κ1) is 30.2. The molecule has 0 aliphatic heterocycles. The number of ether oxygens (including phenoxy) is 1. The standard InChI is InChI=1S/C32H43ClN2O2S/c1-3-4-5-6-7-8-9-10-11-12-13-14-21-37-29-19-20-31(30(33)22-29)34-32(36)28-17-15-27(16-18-28)24-35-23-26(2)38-25-35/h15-20,22-23,25H,3-14,21,24H2,1-2H3/p+1. The second-order valence-corrected chi connectivity index (χ2v) is 11.7. The number of rotatable bonds is 18. The molecule has 1 amide bonds. The molecule has 0 saturated carbocycles. The lowest BCUT2D eigenvalue weighted by Gasteiger charge is -2.11. The maximum Gasteiger partial charge on any atom is 0.255 e. The molecule has 38 heavy (non-hydrogen) atoms.